The Kier molecular flexibility index (Phi) is 32.8. The van der Waals surface area contributed by atoms with Crippen molar-refractivity contribution in [3.8, 4) is 23.0 Å². The van der Waals surface area contributed by atoms with Gasteiger partial charge >= 0.3 is 57.5 Å². The summed E-state index contributed by atoms with van der Waals surface area (Å²) < 4.78 is 1.76. The van der Waals surface area contributed by atoms with Crippen molar-refractivity contribution in [3.05, 3.63) is 47.5 Å². The molecule has 4 N–H and O–H groups in total. The zero-order chi connectivity index (χ0) is 32.8. The average Bonchev–Trinajstić information content (AvgIpc) is 2.86. The number of rotatable bonds is 4. The number of para-hydroxylation sites is 2. The van der Waals surface area contributed by atoms with Gasteiger partial charge < -0.3 is 40.9 Å². The van der Waals surface area contributed by atoms with E-state index in [9.17, 15) is 40.9 Å². The van der Waals surface area contributed by atoms with Gasteiger partial charge in [-0.25, -0.2) is 0 Å². The fourth-order valence-electron chi connectivity index (χ4n) is 3.16. The summed E-state index contributed by atoms with van der Waals surface area (Å²) in [5, 5.41) is 81.9. The van der Waals surface area contributed by atoms with Crippen molar-refractivity contribution >= 4 is 12.4 Å². The van der Waals surface area contributed by atoms with Gasteiger partial charge in [-0.15, -0.1) is 24.4 Å². The summed E-state index contributed by atoms with van der Waals surface area (Å²) in [5.74, 6) is -0.798. The van der Waals surface area contributed by atoms with Gasteiger partial charge in [-0.2, -0.15) is 0 Å². The smallest absolute Gasteiger partial charge is 0.852 e. The van der Waals surface area contributed by atoms with Gasteiger partial charge in [0.25, 0.3) is 0 Å². The molecular weight excluding hydrogens is 754 g/mol. The zero-order valence-electron chi connectivity index (χ0n) is 27.1. The Hall–Kier alpha value is -1.32. The van der Waals surface area contributed by atoms with E-state index in [1.54, 1.807) is 90.6 Å². The third kappa shape index (κ3) is 28.2. The van der Waals surface area contributed by atoms with Gasteiger partial charge in [0.15, 0.2) is 29.0 Å². The van der Waals surface area contributed by atoms with Crippen LogP contribution >= 0.6 is 0 Å². The van der Waals surface area contributed by atoms with E-state index < -0.39 is 24.4 Å². The van der Waals surface area contributed by atoms with E-state index in [1.807, 2.05) is 0 Å². The Balaban J connectivity index is -0.000000371. The van der Waals surface area contributed by atoms with Crippen LogP contribution in [0.15, 0.2) is 41.5 Å². The van der Waals surface area contributed by atoms with E-state index in [0.29, 0.717) is 11.1 Å². The second kappa shape index (κ2) is 29.1. The summed E-state index contributed by atoms with van der Waals surface area (Å²) >= 11 is 0. The maximum Gasteiger partial charge on any atom is 3.00 e. The van der Waals surface area contributed by atoms with E-state index in [-0.39, 0.29) is 86.5 Å². The fourth-order valence-corrected chi connectivity index (χ4v) is 3.16. The topological polar surface area (TPSA) is 189 Å². The van der Waals surface area contributed by atoms with Crippen molar-refractivity contribution in [2.45, 2.75) is 118 Å². The Labute approximate surface area is 306 Å². The minimum absolute atomic E-state index is 0. The number of benzene rings is 2. The van der Waals surface area contributed by atoms with Gasteiger partial charge in [0.2, 0.25) is 6.21 Å². The first-order valence-electron chi connectivity index (χ1n) is 14.3. The molecule has 0 aromatic heterocycles. The number of nitrogens with zero attached hydrogens (tertiary/aromatic N) is 2. The Morgan fingerprint density at radius 1 is 0.659 bits per heavy atom. The minimum atomic E-state index is -0.417. The summed E-state index contributed by atoms with van der Waals surface area (Å²) in [7, 11) is 0. The third-order valence-corrected chi connectivity index (χ3v) is 4.64. The van der Waals surface area contributed by atoms with Crippen LogP contribution in [0.2, 0.25) is 0 Å². The van der Waals surface area contributed by atoms with Gasteiger partial charge in [0.1, 0.15) is 6.21 Å². The molecule has 1 aliphatic carbocycles. The van der Waals surface area contributed by atoms with E-state index in [1.165, 1.54) is 24.8 Å². The Morgan fingerprint density at radius 2 is 1.00 bits per heavy atom. The molecule has 0 amide bonds. The summed E-state index contributed by atoms with van der Waals surface area (Å²) in [5.41, 5.74) is 0.868. The van der Waals surface area contributed by atoms with Crippen molar-refractivity contribution in [2.24, 2.45) is 5.10 Å². The molecule has 2 aromatic rings. The van der Waals surface area contributed by atoms with Gasteiger partial charge in [-0.3, -0.25) is 0 Å². The third-order valence-electron chi connectivity index (χ3n) is 4.64. The monoisotopic (exact) mass is 806 g/mol. The second-order valence-corrected chi connectivity index (χ2v) is 10.7. The molecule has 0 saturated heterocycles. The molecule has 3 rings (SSSR count). The number of phenolic OH excluding ortho intramolecular Hbond substituents is 4. The number of hydrogen-bond donors (Lipinski definition) is 4. The first-order valence-corrected chi connectivity index (χ1v) is 14.3. The van der Waals surface area contributed by atoms with E-state index in [2.05, 4.69) is 5.10 Å². The van der Waals surface area contributed by atoms with Crippen LogP contribution in [0, 0.1) is 40.4 Å². The largest absolute Gasteiger partial charge is 3.00 e. The summed E-state index contributed by atoms with van der Waals surface area (Å²) in [6, 6.07) is 9.64. The average molecular weight is 806 g/mol. The van der Waals surface area contributed by atoms with Crippen LogP contribution in [0.4, 0.5) is 0 Å². The van der Waals surface area contributed by atoms with Crippen LogP contribution in [0.1, 0.15) is 98.6 Å². The predicted octanol–water partition coefficient (Wildman–Crippen LogP) is 2.33. The van der Waals surface area contributed by atoms with Crippen LogP contribution in [0.25, 0.3) is 0 Å². The molecule has 0 aliphatic heterocycles. The predicted molar refractivity (Wildman–Crippen MR) is 160 cm³/mol. The van der Waals surface area contributed by atoms with Crippen LogP contribution in [0.3, 0.4) is 0 Å². The summed E-state index contributed by atoms with van der Waals surface area (Å²) in [4.78, 5) is 0. The van der Waals surface area contributed by atoms with Crippen molar-refractivity contribution in [1.82, 2.24) is 0 Å². The molecule has 1 aliphatic rings. The molecule has 0 unspecified atom stereocenters. The number of phenols is 4. The molecule has 0 heterocycles. The van der Waals surface area contributed by atoms with E-state index in [0.717, 1.165) is 25.7 Å². The van der Waals surface area contributed by atoms with Crippen LogP contribution < -0.4 is 20.4 Å². The number of hydrazone groups is 1. The normalized spacial score (nSPS) is 12.9. The van der Waals surface area contributed by atoms with Crippen molar-refractivity contribution in [3.63, 3.8) is 0 Å². The van der Waals surface area contributed by atoms with Gasteiger partial charge in [0, 0.05) is 18.4 Å². The maximum atomic E-state index is 10.1. The molecule has 0 spiro atoms. The van der Waals surface area contributed by atoms with Crippen molar-refractivity contribution in [2.75, 3.05) is 0 Å². The minimum Gasteiger partial charge on any atom is -0.852 e. The van der Waals surface area contributed by atoms with E-state index in [4.69, 9.17) is 0 Å². The number of aromatic hydroxyl groups is 4. The standard InChI is InChI=1S/C20H22N2O4.4C3H7O.Cu.Sm/c23-17-10-4-6-14(19(17)25)12-21-22(16-8-2-1-3-9-16)13-15-7-5-11-18(24)20(15)26;4*1-3(2)4;;/h4-7,10-13,16H,1-3,8-9H2,(H3,21,23,24,25);4*3H,1-2H3;;/q;4*-1;+1;+3/p+1. The zero-order valence-corrected chi connectivity index (χ0v) is 30.6. The fraction of sp³-hybridized carbons (Fsp3) is 0.562. The van der Waals surface area contributed by atoms with Crippen LogP contribution in [-0.2, 0) is 17.1 Å². The van der Waals surface area contributed by atoms with Gasteiger partial charge in [-0.1, -0.05) is 78.6 Å². The maximum absolute atomic E-state index is 10.1. The van der Waals surface area contributed by atoms with Crippen molar-refractivity contribution in [1.29, 1.82) is 0 Å². The molecule has 1 radical (unpaired) electrons. The quantitative estimate of drug-likeness (QED) is 0.119. The molecule has 2 aromatic carbocycles. The Bertz CT molecular complexity index is 1010. The molecule has 0 atom stereocenters. The first-order chi connectivity index (χ1) is 19.5. The first kappa shape index (κ1) is 49.6. The van der Waals surface area contributed by atoms with Crippen LogP contribution in [0.5, 0.6) is 23.0 Å². The van der Waals surface area contributed by atoms with Crippen molar-refractivity contribution < 1.29 is 103 Å². The Morgan fingerprint density at radius 3 is 1.39 bits per heavy atom. The summed E-state index contributed by atoms with van der Waals surface area (Å²) in [6.07, 6.45) is 6.86. The van der Waals surface area contributed by atoms with E-state index >= 15 is 0 Å². The SMILES string of the molecule is CC(C)[O-].CC(C)[O-].CC(C)[O-].CC(C)[O-].Oc1cccc(C=N[N+](=Cc2cccc(O)c2O)C2CCCCC2)c1O.[Cu+].[Sm+3]. The molecule has 253 valence electrons. The molecule has 1 saturated carbocycles. The molecule has 1 fully saturated rings. The van der Waals surface area contributed by atoms with Gasteiger partial charge in [0.05, 0.1) is 5.56 Å². The summed E-state index contributed by atoms with van der Waals surface area (Å²) in [6.45, 7) is 12.9. The molecule has 10 nitrogen and oxygen atoms in total. The van der Waals surface area contributed by atoms with Crippen LogP contribution in [-0.4, -0.2) is 68.0 Å². The second-order valence-electron chi connectivity index (χ2n) is 10.7. The number of hydrogen-bond acceptors (Lipinski definition) is 9. The van der Waals surface area contributed by atoms with Gasteiger partial charge in [-0.05, 0) is 42.2 Å². The molecule has 44 heavy (non-hydrogen) atoms. The molecule has 0 bridgehead atoms. The molecular formula is C32H51CuN2O8Sm+. The molecule has 12 heteroatoms.